The van der Waals surface area contributed by atoms with E-state index in [-0.39, 0.29) is 10.8 Å². The van der Waals surface area contributed by atoms with Crippen molar-refractivity contribution in [1.29, 1.82) is 0 Å². The Morgan fingerprint density at radius 1 is 0.971 bits per heavy atom. The fourth-order valence-electron chi connectivity index (χ4n) is 4.99. The third kappa shape index (κ3) is 6.74. The summed E-state index contributed by atoms with van der Waals surface area (Å²) in [5, 5.41) is 17.4. The Morgan fingerprint density at radius 3 is 1.79 bits per heavy atom. The number of aliphatic carboxylic acids is 2. The lowest BCUT2D eigenvalue weighted by atomic mass is 9.60. The minimum absolute atomic E-state index is 0.0663. The highest BCUT2D eigenvalue weighted by Gasteiger charge is 2.63. The van der Waals surface area contributed by atoms with Crippen LogP contribution < -0.4 is 5.32 Å². The second-order valence-corrected chi connectivity index (χ2v) is 9.39. The third-order valence-electron chi connectivity index (χ3n) is 6.95. The van der Waals surface area contributed by atoms with Gasteiger partial charge in [0.15, 0.2) is 0 Å². The summed E-state index contributed by atoms with van der Waals surface area (Å²) in [7, 11) is 2.21. The van der Waals surface area contributed by atoms with Crippen LogP contribution in [0, 0.1) is 16.7 Å². The molecular formula is C20H29F6N3O5. The summed E-state index contributed by atoms with van der Waals surface area (Å²) in [5.74, 6) is -4.22. The molecule has 0 aromatic heterocycles. The lowest BCUT2D eigenvalue weighted by molar-refractivity contribution is -0.193. The fraction of sp³-hybridized carbons (Fsp3) is 0.850. The molecular weight excluding hydrogens is 476 g/mol. The molecule has 8 nitrogen and oxygen atoms in total. The van der Waals surface area contributed by atoms with Gasteiger partial charge in [0.25, 0.3) is 0 Å². The number of carboxylic acids is 2. The molecule has 4 rings (SSSR count). The Hall–Kier alpha value is -2.09. The number of carbonyl (C=O) groups excluding carboxylic acids is 1. The quantitative estimate of drug-likeness (QED) is 0.494. The standard InChI is InChI=1S/C16H27N3O.2C2HF3O2/c1-18-8-5-15(6-9-18)11-19(10-13-2-3-13)12-16(15)4-7-17-14(16)20;2*3-2(4,5)1(6)7/h13H,2-12H2,1H3,(H,17,20);2*(H,6,7). The maximum Gasteiger partial charge on any atom is 0.490 e. The van der Waals surface area contributed by atoms with E-state index in [1.807, 2.05) is 0 Å². The summed E-state index contributed by atoms with van der Waals surface area (Å²) in [6.45, 7) is 6.66. The van der Waals surface area contributed by atoms with E-state index in [0.29, 0.717) is 5.91 Å². The summed E-state index contributed by atoms with van der Waals surface area (Å²) in [5.41, 5.74) is 0.193. The molecule has 0 bridgehead atoms. The number of nitrogens with one attached hydrogen (secondary N) is 1. The first-order valence-corrected chi connectivity index (χ1v) is 10.8. The molecule has 1 unspecified atom stereocenters. The van der Waals surface area contributed by atoms with E-state index < -0.39 is 24.3 Å². The van der Waals surface area contributed by atoms with Crippen molar-refractivity contribution in [3.05, 3.63) is 0 Å². The van der Waals surface area contributed by atoms with Gasteiger partial charge in [-0.1, -0.05) is 0 Å². The molecule has 1 saturated carbocycles. The molecule has 4 aliphatic rings. The molecule has 14 heteroatoms. The zero-order valence-electron chi connectivity index (χ0n) is 18.6. The first-order valence-electron chi connectivity index (χ1n) is 10.8. The molecule has 3 N–H and O–H groups in total. The number of halogens is 6. The molecule has 0 radical (unpaired) electrons. The van der Waals surface area contributed by atoms with Gasteiger partial charge >= 0.3 is 24.3 Å². The number of fused-ring (bicyclic) bond motifs is 1. The summed E-state index contributed by atoms with van der Waals surface area (Å²) in [4.78, 5) is 35.5. The molecule has 3 saturated heterocycles. The molecule has 3 heterocycles. The van der Waals surface area contributed by atoms with Crippen LogP contribution in [-0.4, -0.2) is 96.5 Å². The van der Waals surface area contributed by atoms with Crippen molar-refractivity contribution in [2.24, 2.45) is 16.7 Å². The normalized spacial score (nSPS) is 27.0. The largest absolute Gasteiger partial charge is 0.490 e. The van der Waals surface area contributed by atoms with Crippen LogP contribution in [0.5, 0.6) is 0 Å². The van der Waals surface area contributed by atoms with E-state index in [1.54, 1.807) is 0 Å². The minimum Gasteiger partial charge on any atom is -0.475 e. The van der Waals surface area contributed by atoms with Gasteiger partial charge in [0.1, 0.15) is 0 Å². The Morgan fingerprint density at radius 2 is 1.44 bits per heavy atom. The zero-order valence-corrected chi connectivity index (χ0v) is 18.6. The SMILES string of the molecule is CN1CCC2(CC1)CN(CC1CC1)CC21CCNC1=O.O=C(O)C(F)(F)F.O=C(O)C(F)(F)F. The molecule has 2 spiro atoms. The number of nitrogens with zero attached hydrogens (tertiary/aromatic N) is 2. The highest BCUT2D eigenvalue weighted by Crippen LogP contribution is 2.56. The number of amides is 1. The third-order valence-corrected chi connectivity index (χ3v) is 6.95. The van der Waals surface area contributed by atoms with E-state index in [0.717, 1.165) is 38.5 Å². The Labute approximate surface area is 192 Å². The molecule has 196 valence electrons. The van der Waals surface area contributed by atoms with Crippen LogP contribution >= 0.6 is 0 Å². The average molecular weight is 505 g/mol. The van der Waals surface area contributed by atoms with Crippen LogP contribution in [0.4, 0.5) is 26.3 Å². The highest BCUT2D eigenvalue weighted by atomic mass is 19.4. The number of piperidine rings is 1. The molecule has 0 aromatic carbocycles. The first kappa shape index (κ1) is 28.1. The van der Waals surface area contributed by atoms with E-state index >= 15 is 0 Å². The molecule has 0 aromatic rings. The number of hydrogen-bond acceptors (Lipinski definition) is 5. The second-order valence-electron chi connectivity index (χ2n) is 9.39. The van der Waals surface area contributed by atoms with Crippen molar-refractivity contribution in [1.82, 2.24) is 15.1 Å². The van der Waals surface area contributed by atoms with Crippen LogP contribution in [0.3, 0.4) is 0 Å². The molecule has 4 fully saturated rings. The monoisotopic (exact) mass is 505 g/mol. The predicted octanol–water partition coefficient (Wildman–Crippen LogP) is 2.20. The van der Waals surface area contributed by atoms with Crippen LogP contribution in [0.25, 0.3) is 0 Å². The van der Waals surface area contributed by atoms with Gasteiger partial charge in [0.2, 0.25) is 5.91 Å². The van der Waals surface area contributed by atoms with Crippen LogP contribution in [0.15, 0.2) is 0 Å². The van der Waals surface area contributed by atoms with E-state index in [1.165, 1.54) is 38.8 Å². The van der Waals surface area contributed by atoms with Gasteiger partial charge in [0.05, 0.1) is 5.41 Å². The number of likely N-dealkylation sites (tertiary alicyclic amines) is 2. The van der Waals surface area contributed by atoms with E-state index in [9.17, 15) is 31.1 Å². The van der Waals surface area contributed by atoms with Gasteiger partial charge < -0.3 is 25.3 Å². The highest BCUT2D eigenvalue weighted by molar-refractivity contribution is 5.86. The van der Waals surface area contributed by atoms with Crippen molar-refractivity contribution < 1.29 is 50.9 Å². The molecule has 1 amide bonds. The number of rotatable bonds is 2. The van der Waals surface area contributed by atoms with Crippen molar-refractivity contribution in [3.8, 4) is 0 Å². The van der Waals surface area contributed by atoms with Gasteiger partial charge in [-0.3, -0.25) is 4.79 Å². The van der Waals surface area contributed by atoms with Crippen LogP contribution in [0.2, 0.25) is 0 Å². The summed E-state index contributed by atoms with van der Waals surface area (Å²) < 4.78 is 63.5. The maximum absolute atomic E-state index is 12.6. The predicted molar refractivity (Wildman–Crippen MR) is 106 cm³/mol. The zero-order chi connectivity index (χ0) is 25.9. The molecule has 1 atom stereocenters. The van der Waals surface area contributed by atoms with Crippen molar-refractivity contribution in [2.45, 2.75) is 44.5 Å². The first-order chi connectivity index (χ1) is 15.5. The second kappa shape index (κ2) is 10.3. The maximum atomic E-state index is 12.6. The van der Waals surface area contributed by atoms with E-state index in [4.69, 9.17) is 19.8 Å². The molecule has 3 aliphatic heterocycles. The lowest BCUT2D eigenvalue weighted by Gasteiger charge is -2.46. The van der Waals surface area contributed by atoms with E-state index in [2.05, 4.69) is 22.2 Å². The number of hydrogen-bond donors (Lipinski definition) is 3. The van der Waals surface area contributed by atoms with Crippen molar-refractivity contribution >= 4 is 17.8 Å². The van der Waals surface area contributed by atoms with Gasteiger partial charge in [0, 0.05) is 31.6 Å². The Kier molecular flexibility index (Phi) is 8.50. The van der Waals surface area contributed by atoms with Crippen molar-refractivity contribution in [2.75, 3.05) is 46.3 Å². The van der Waals surface area contributed by atoms with Crippen molar-refractivity contribution in [3.63, 3.8) is 0 Å². The smallest absolute Gasteiger partial charge is 0.475 e. The van der Waals surface area contributed by atoms with Crippen LogP contribution in [0.1, 0.15) is 32.1 Å². The van der Waals surface area contributed by atoms with Gasteiger partial charge in [-0.05, 0) is 58.2 Å². The van der Waals surface area contributed by atoms with Gasteiger partial charge in [-0.25, -0.2) is 9.59 Å². The fourth-order valence-corrected chi connectivity index (χ4v) is 4.99. The van der Waals surface area contributed by atoms with Gasteiger partial charge in [-0.15, -0.1) is 0 Å². The Bertz CT molecular complexity index is 739. The lowest BCUT2D eigenvalue weighted by Crippen LogP contribution is -2.51. The van der Waals surface area contributed by atoms with Crippen LogP contribution in [-0.2, 0) is 14.4 Å². The van der Waals surface area contributed by atoms with Gasteiger partial charge in [-0.2, -0.15) is 26.3 Å². The summed E-state index contributed by atoms with van der Waals surface area (Å²) in [6, 6.07) is 0. The number of alkyl halides is 6. The number of carboxylic acid groups (broad SMARTS) is 2. The molecule has 34 heavy (non-hydrogen) atoms. The molecule has 1 aliphatic carbocycles. The summed E-state index contributed by atoms with van der Waals surface area (Å²) >= 11 is 0. The number of carbonyl (C=O) groups is 3. The minimum atomic E-state index is -5.08. The topological polar surface area (TPSA) is 110 Å². The Balaban J connectivity index is 0.000000244. The summed E-state index contributed by atoms with van der Waals surface area (Å²) in [6.07, 6.45) is -3.87. The average Bonchev–Trinajstić information content (AvgIpc) is 3.36.